The molecule has 0 N–H and O–H groups in total. The first kappa shape index (κ1) is 19.9. The third-order valence-electron chi connectivity index (χ3n) is 4.56. The van der Waals surface area contributed by atoms with E-state index in [-0.39, 0.29) is 35.3 Å². The van der Waals surface area contributed by atoms with E-state index in [0.29, 0.717) is 42.8 Å². The molecule has 0 fully saturated rings. The van der Waals surface area contributed by atoms with Gasteiger partial charge in [-0.1, -0.05) is 13.3 Å². The maximum absolute atomic E-state index is 13.1. The van der Waals surface area contributed by atoms with Crippen molar-refractivity contribution in [1.82, 2.24) is 4.57 Å². The van der Waals surface area contributed by atoms with Crippen LogP contribution in [0.25, 0.3) is 0 Å². The van der Waals surface area contributed by atoms with Crippen molar-refractivity contribution in [3.8, 4) is 0 Å². The van der Waals surface area contributed by atoms with E-state index in [1.165, 1.54) is 24.3 Å². The Morgan fingerprint density at radius 1 is 1.28 bits per heavy atom. The number of ketones is 1. The number of carboxylic acids is 1. The fraction of sp³-hybridized carbons (Fsp3) is 0.368. The number of benzene rings is 1. The number of hydrogen-bond acceptors (Lipinski definition) is 3. The zero-order chi connectivity index (χ0) is 17.3. The molecule has 0 bridgehead atoms. The Labute approximate surface area is 168 Å². The minimum atomic E-state index is -1.10. The predicted molar refractivity (Wildman–Crippen MR) is 85.2 cm³/mol. The molecule has 2 aromatic rings. The first-order chi connectivity index (χ1) is 11.5. The molecular formula is C19H19FNNaO3. The summed E-state index contributed by atoms with van der Waals surface area (Å²) in [7, 11) is 0. The van der Waals surface area contributed by atoms with E-state index in [9.17, 15) is 19.1 Å². The second-order valence-corrected chi connectivity index (χ2v) is 6.19. The largest absolute Gasteiger partial charge is 1.00 e. The molecule has 126 valence electrons. The molecule has 1 unspecified atom stereocenters. The summed E-state index contributed by atoms with van der Waals surface area (Å²) in [4.78, 5) is 24.4. The third-order valence-corrected chi connectivity index (χ3v) is 4.56. The van der Waals surface area contributed by atoms with Gasteiger partial charge in [-0.2, -0.15) is 0 Å². The molecule has 3 rings (SSSR count). The summed E-state index contributed by atoms with van der Waals surface area (Å²) in [5.41, 5.74) is 2.44. The summed E-state index contributed by atoms with van der Waals surface area (Å²) < 4.78 is 14.9. The average Bonchev–Trinajstić information content (AvgIpc) is 2.93. The Kier molecular flexibility index (Phi) is 6.60. The van der Waals surface area contributed by atoms with Gasteiger partial charge >= 0.3 is 29.6 Å². The SMILES string of the molecule is CCCc1cc2n(c1C(=O)c1ccc(F)cc1)CCCC2C(=O)[O-].[Na+]. The van der Waals surface area contributed by atoms with Crippen molar-refractivity contribution in [2.24, 2.45) is 0 Å². The maximum atomic E-state index is 13.1. The second-order valence-electron chi connectivity index (χ2n) is 6.19. The van der Waals surface area contributed by atoms with Crippen LogP contribution in [0, 0.1) is 5.82 Å². The molecule has 0 saturated heterocycles. The van der Waals surface area contributed by atoms with Crippen LogP contribution in [0.5, 0.6) is 0 Å². The van der Waals surface area contributed by atoms with E-state index in [4.69, 9.17) is 0 Å². The summed E-state index contributed by atoms with van der Waals surface area (Å²) in [5.74, 6) is -2.36. The number of carboxylic acid groups (broad SMARTS) is 1. The molecule has 2 heterocycles. The molecule has 1 aliphatic rings. The van der Waals surface area contributed by atoms with Crippen LogP contribution in [0.4, 0.5) is 4.39 Å². The van der Waals surface area contributed by atoms with Crippen LogP contribution < -0.4 is 34.7 Å². The monoisotopic (exact) mass is 351 g/mol. The Balaban J connectivity index is 0.00000225. The van der Waals surface area contributed by atoms with E-state index >= 15 is 0 Å². The Bertz CT molecular complexity index is 783. The van der Waals surface area contributed by atoms with Crippen molar-refractivity contribution in [3.05, 3.63) is 58.7 Å². The predicted octanol–water partition coefficient (Wildman–Crippen LogP) is -0.558. The zero-order valence-electron chi connectivity index (χ0n) is 14.5. The summed E-state index contributed by atoms with van der Waals surface area (Å²) in [5, 5.41) is 11.4. The smallest absolute Gasteiger partial charge is 0.549 e. The average molecular weight is 351 g/mol. The molecule has 0 spiro atoms. The number of hydrogen-bond donors (Lipinski definition) is 0. The molecule has 0 saturated carbocycles. The van der Waals surface area contributed by atoms with Gasteiger partial charge in [0.15, 0.2) is 0 Å². The Morgan fingerprint density at radius 2 is 1.96 bits per heavy atom. The standard InChI is InChI=1S/C19H20FNO3.Na/c1-2-4-13-11-16-15(19(23)24)5-3-10-21(16)17(13)18(22)12-6-8-14(20)9-7-12;/h6-9,11,15H,2-5,10H2,1H3,(H,23,24);/q;+1/p-1. The van der Waals surface area contributed by atoms with Crippen LogP contribution in [0.3, 0.4) is 0 Å². The third kappa shape index (κ3) is 3.89. The molecule has 0 radical (unpaired) electrons. The minimum Gasteiger partial charge on any atom is -0.549 e. The molecule has 1 atom stereocenters. The van der Waals surface area contributed by atoms with Crippen molar-refractivity contribution >= 4 is 11.8 Å². The van der Waals surface area contributed by atoms with E-state index in [1.54, 1.807) is 0 Å². The molecular weight excluding hydrogens is 332 g/mol. The van der Waals surface area contributed by atoms with Gasteiger partial charge in [-0.3, -0.25) is 4.79 Å². The quantitative estimate of drug-likeness (QED) is 0.536. The van der Waals surface area contributed by atoms with E-state index in [2.05, 4.69) is 0 Å². The summed E-state index contributed by atoms with van der Waals surface area (Å²) in [6.07, 6.45) is 2.77. The summed E-state index contributed by atoms with van der Waals surface area (Å²) >= 11 is 0. The second kappa shape index (κ2) is 8.30. The summed E-state index contributed by atoms with van der Waals surface area (Å²) in [6, 6.07) is 7.28. The number of rotatable bonds is 5. The molecule has 4 nitrogen and oxygen atoms in total. The van der Waals surface area contributed by atoms with E-state index in [0.717, 1.165) is 12.0 Å². The molecule has 25 heavy (non-hydrogen) atoms. The topological polar surface area (TPSA) is 62.1 Å². The number of carbonyl (C=O) groups excluding carboxylic acids is 2. The number of fused-ring (bicyclic) bond motifs is 1. The van der Waals surface area contributed by atoms with E-state index in [1.807, 2.05) is 17.6 Å². The molecule has 0 aliphatic carbocycles. The van der Waals surface area contributed by atoms with Gasteiger partial charge in [0.1, 0.15) is 5.82 Å². The van der Waals surface area contributed by atoms with Gasteiger partial charge in [0.2, 0.25) is 5.78 Å². The van der Waals surface area contributed by atoms with Crippen molar-refractivity contribution in [1.29, 1.82) is 0 Å². The van der Waals surface area contributed by atoms with Crippen LogP contribution >= 0.6 is 0 Å². The molecule has 1 aliphatic heterocycles. The van der Waals surface area contributed by atoms with Crippen molar-refractivity contribution in [2.45, 2.75) is 45.1 Å². The molecule has 1 aromatic heterocycles. The number of halogens is 1. The first-order valence-corrected chi connectivity index (χ1v) is 8.26. The van der Waals surface area contributed by atoms with E-state index < -0.39 is 17.7 Å². The Morgan fingerprint density at radius 3 is 2.56 bits per heavy atom. The number of nitrogens with zero attached hydrogens (tertiary/aromatic N) is 1. The van der Waals surface area contributed by atoms with Gasteiger partial charge in [0.25, 0.3) is 0 Å². The normalized spacial score (nSPS) is 16.0. The zero-order valence-corrected chi connectivity index (χ0v) is 16.5. The maximum Gasteiger partial charge on any atom is 1.00 e. The minimum absolute atomic E-state index is 0. The van der Waals surface area contributed by atoms with Crippen LogP contribution in [0.15, 0.2) is 30.3 Å². The van der Waals surface area contributed by atoms with Gasteiger partial charge < -0.3 is 14.5 Å². The number of carbonyl (C=O) groups is 2. The molecule has 0 amide bonds. The molecule has 6 heteroatoms. The van der Waals surface area contributed by atoms with Gasteiger partial charge in [-0.25, -0.2) is 4.39 Å². The van der Waals surface area contributed by atoms with Gasteiger partial charge in [0.05, 0.1) is 11.7 Å². The van der Waals surface area contributed by atoms with Crippen LogP contribution in [-0.4, -0.2) is 16.3 Å². The van der Waals surface area contributed by atoms with Crippen LogP contribution in [0.1, 0.15) is 59.4 Å². The number of aliphatic carboxylic acids is 1. The van der Waals surface area contributed by atoms with Gasteiger partial charge in [-0.05, 0) is 55.2 Å². The fourth-order valence-electron chi connectivity index (χ4n) is 3.46. The van der Waals surface area contributed by atoms with Crippen molar-refractivity contribution in [3.63, 3.8) is 0 Å². The van der Waals surface area contributed by atoms with Crippen LogP contribution in [0.2, 0.25) is 0 Å². The number of aryl methyl sites for hydroxylation is 1. The van der Waals surface area contributed by atoms with Gasteiger partial charge in [-0.15, -0.1) is 0 Å². The van der Waals surface area contributed by atoms with Crippen LogP contribution in [-0.2, 0) is 17.8 Å². The van der Waals surface area contributed by atoms with Crippen molar-refractivity contribution < 1.29 is 48.6 Å². The fourth-order valence-corrected chi connectivity index (χ4v) is 3.46. The summed E-state index contributed by atoms with van der Waals surface area (Å²) in [6.45, 7) is 2.63. The Hall–Kier alpha value is -1.43. The van der Waals surface area contributed by atoms with Crippen molar-refractivity contribution in [2.75, 3.05) is 0 Å². The molecule has 1 aromatic carbocycles. The van der Waals surface area contributed by atoms with Gasteiger partial charge in [0, 0.05) is 23.7 Å². The first-order valence-electron chi connectivity index (χ1n) is 8.26. The number of aromatic nitrogens is 1.